The van der Waals surface area contributed by atoms with Crippen molar-refractivity contribution in [2.45, 2.75) is 33.1 Å². The van der Waals surface area contributed by atoms with Gasteiger partial charge < -0.3 is 0 Å². The number of aromatic amines is 1. The number of nitrogens with one attached hydrogen (secondary N) is 1. The van der Waals surface area contributed by atoms with Crippen LogP contribution < -0.4 is 0 Å². The highest BCUT2D eigenvalue weighted by Crippen LogP contribution is 2.24. The minimum Gasteiger partial charge on any atom is -0.266 e. The van der Waals surface area contributed by atoms with Crippen molar-refractivity contribution in [2.75, 3.05) is 0 Å². The van der Waals surface area contributed by atoms with Crippen LogP contribution >= 0.6 is 0 Å². The number of imidazole rings is 1. The molecule has 0 spiro atoms. The quantitative estimate of drug-likeness (QED) is 0.724. The molecular formula is C15H18N4. The molecule has 0 amide bonds. The summed E-state index contributed by atoms with van der Waals surface area (Å²) in [5.74, 6) is 1.70. The Balaban J connectivity index is 2.17. The first-order chi connectivity index (χ1) is 8.95. The third kappa shape index (κ3) is 2.03. The van der Waals surface area contributed by atoms with Gasteiger partial charge in [0.05, 0.1) is 5.69 Å². The minimum atomic E-state index is 0.0384. The molecule has 19 heavy (non-hydrogen) atoms. The fourth-order valence-electron chi connectivity index (χ4n) is 2.13. The predicted molar refractivity (Wildman–Crippen MR) is 76.2 cm³/mol. The summed E-state index contributed by atoms with van der Waals surface area (Å²) in [4.78, 5) is 4.60. The van der Waals surface area contributed by atoms with E-state index in [1.807, 2.05) is 10.5 Å². The number of hydrogen-bond acceptors (Lipinski definition) is 2. The second-order valence-electron chi connectivity index (χ2n) is 5.99. The van der Waals surface area contributed by atoms with Gasteiger partial charge in [-0.1, -0.05) is 44.5 Å². The molecule has 0 radical (unpaired) electrons. The summed E-state index contributed by atoms with van der Waals surface area (Å²) >= 11 is 0. The molecule has 1 N–H and O–H groups in total. The first kappa shape index (κ1) is 12.0. The molecule has 0 fully saturated rings. The molecule has 2 aromatic heterocycles. The van der Waals surface area contributed by atoms with Gasteiger partial charge in [-0.3, -0.25) is 4.40 Å². The first-order valence-corrected chi connectivity index (χ1v) is 6.46. The largest absolute Gasteiger partial charge is 0.266 e. The molecule has 2 heterocycles. The number of aryl methyl sites for hydroxylation is 1. The molecule has 1 aromatic carbocycles. The van der Waals surface area contributed by atoms with Crippen molar-refractivity contribution in [2.24, 2.45) is 0 Å². The summed E-state index contributed by atoms with van der Waals surface area (Å²) in [6, 6.07) is 8.33. The lowest BCUT2D eigenvalue weighted by molar-refractivity contribution is 0.572. The highest BCUT2D eigenvalue weighted by atomic mass is 15.3. The van der Waals surface area contributed by atoms with Gasteiger partial charge in [0.1, 0.15) is 0 Å². The summed E-state index contributed by atoms with van der Waals surface area (Å²) in [5, 5.41) is 7.37. The molecule has 0 atom stereocenters. The lowest BCUT2D eigenvalue weighted by atomic mass is 9.93. The molecule has 0 saturated heterocycles. The zero-order valence-corrected chi connectivity index (χ0v) is 11.7. The van der Waals surface area contributed by atoms with Crippen molar-refractivity contribution in [3.05, 3.63) is 41.7 Å². The van der Waals surface area contributed by atoms with E-state index in [2.05, 4.69) is 67.3 Å². The van der Waals surface area contributed by atoms with E-state index in [4.69, 9.17) is 0 Å². The summed E-state index contributed by atoms with van der Waals surface area (Å²) in [6.45, 7) is 8.57. The molecule has 0 aliphatic rings. The van der Waals surface area contributed by atoms with E-state index in [1.165, 1.54) is 5.56 Å². The van der Waals surface area contributed by atoms with Crippen molar-refractivity contribution in [1.82, 2.24) is 19.6 Å². The number of hydrogen-bond donors (Lipinski definition) is 1. The van der Waals surface area contributed by atoms with Crippen molar-refractivity contribution in [1.29, 1.82) is 0 Å². The molecule has 0 aliphatic heterocycles. The van der Waals surface area contributed by atoms with Crippen LogP contribution in [0.2, 0.25) is 0 Å². The van der Waals surface area contributed by atoms with Gasteiger partial charge in [0.15, 0.2) is 5.82 Å². The Morgan fingerprint density at radius 1 is 1.21 bits per heavy atom. The van der Waals surface area contributed by atoms with E-state index in [0.29, 0.717) is 0 Å². The third-order valence-corrected chi connectivity index (χ3v) is 3.24. The van der Waals surface area contributed by atoms with Gasteiger partial charge in [0.25, 0.3) is 0 Å². The van der Waals surface area contributed by atoms with Gasteiger partial charge in [-0.05, 0) is 13.0 Å². The molecule has 0 bridgehead atoms. The number of nitrogens with zero attached hydrogens (tertiary/aromatic N) is 3. The van der Waals surface area contributed by atoms with Crippen molar-refractivity contribution >= 4 is 5.78 Å². The van der Waals surface area contributed by atoms with Gasteiger partial charge in [0, 0.05) is 17.2 Å². The molecule has 4 nitrogen and oxygen atoms in total. The van der Waals surface area contributed by atoms with Gasteiger partial charge in [-0.15, -0.1) is 0 Å². The molecule has 3 rings (SSSR count). The molecule has 0 unspecified atom stereocenters. The minimum absolute atomic E-state index is 0.0384. The van der Waals surface area contributed by atoms with Crippen LogP contribution in [0.5, 0.6) is 0 Å². The zero-order valence-electron chi connectivity index (χ0n) is 11.7. The highest BCUT2D eigenvalue weighted by Gasteiger charge is 2.20. The Morgan fingerprint density at radius 3 is 2.68 bits per heavy atom. The lowest BCUT2D eigenvalue weighted by Crippen LogP contribution is -2.11. The van der Waals surface area contributed by atoms with Crippen LogP contribution in [-0.2, 0) is 5.41 Å². The Hall–Kier alpha value is -2.10. The van der Waals surface area contributed by atoms with Gasteiger partial charge in [-0.2, -0.15) is 5.10 Å². The van der Waals surface area contributed by atoms with Crippen molar-refractivity contribution in [3.63, 3.8) is 0 Å². The van der Waals surface area contributed by atoms with Crippen molar-refractivity contribution in [3.8, 4) is 11.4 Å². The average molecular weight is 254 g/mol. The molecular weight excluding hydrogens is 236 g/mol. The number of rotatable bonds is 1. The molecule has 98 valence electrons. The van der Waals surface area contributed by atoms with Gasteiger partial charge >= 0.3 is 0 Å². The molecule has 4 heteroatoms. The summed E-state index contributed by atoms with van der Waals surface area (Å²) in [6.07, 6.45) is 2.07. The Bertz CT molecular complexity index is 728. The second kappa shape index (κ2) is 3.95. The summed E-state index contributed by atoms with van der Waals surface area (Å²) in [5.41, 5.74) is 3.43. The average Bonchev–Trinajstić information content (AvgIpc) is 2.86. The fourth-order valence-corrected chi connectivity index (χ4v) is 2.13. The Labute approximate surface area is 112 Å². The maximum Gasteiger partial charge on any atom is 0.229 e. The number of fused-ring (bicyclic) bond motifs is 1. The Morgan fingerprint density at radius 2 is 2.00 bits per heavy atom. The van der Waals surface area contributed by atoms with Crippen molar-refractivity contribution < 1.29 is 0 Å². The fraction of sp³-hybridized carbons (Fsp3) is 0.333. The van der Waals surface area contributed by atoms with Gasteiger partial charge in [-0.25, -0.2) is 10.1 Å². The smallest absolute Gasteiger partial charge is 0.229 e. The second-order valence-corrected chi connectivity index (χ2v) is 5.99. The standard InChI is InChI=1S/C15H18N4/c1-10-6-5-7-11(8-10)13-17-18-14-16-12(9-19(13)14)15(2,3)4/h5-9H,1-4H3,(H,16,18). The van der Waals surface area contributed by atoms with E-state index in [1.54, 1.807) is 0 Å². The molecule has 3 aromatic rings. The maximum absolute atomic E-state index is 4.60. The number of aromatic nitrogens is 4. The monoisotopic (exact) mass is 254 g/mol. The van der Waals surface area contributed by atoms with Crippen LogP contribution in [0.1, 0.15) is 32.0 Å². The molecule has 0 aliphatic carbocycles. The van der Waals surface area contributed by atoms with E-state index in [0.717, 1.165) is 22.9 Å². The topological polar surface area (TPSA) is 46.0 Å². The maximum atomic E-state index is 4.60. The van der Waals surface area contributed by atoms with Crippen LogP contribution in [0.4, 0.5) is 0 Å². The number of benzene rings is 1. The molecule has 0 saturated carbocycles. The van der Waals surface area contributed by atoms with E-state index < -0.39 is 0 Å². The van der Waals surface area contributed by atoms with E-state index in [9.17, 15) is 0 Å². The van der Waals surface area contributed by atoms with Crippen LogP contribution in [-0.4, -0.2) is 19.6 Å². The highest BCUT2D eigenvalue weighted by molar-refractivity contribution is 5.59. The van der Waals surface area contributed by atoms with E-state index in [-0.39, 0.29) is 5.41 Å². The van der Waals surface area contributed by atoms with Crippen LogP contribution in [0, 0.1) is 6.92 Å². The summed E-state index contributed by atoms with van der Waals surface area (Å²) < 4.78 is 2.02. The Kier molecular flexibility index (Phi) is 2.49. The van der Waals surface area contributed by atoms with Gasteiger partial charge in [0.2, 0.25) is 5.78 Å². The van der Waals surface area contributed by atoms with E-state index >= 15 is 0 Å². The SMILES string of the molecule is Cc1cccc(-c2n[nH]c3nc(C(C)(C)C)cn23)c1. The lowest BCUT2D eigenvalue weighted by Gasteiger charge is -2.13. The zero-order chi connectivity index (χ0) is 13.6. The third-order valence-electron chi connectivity index (χ3n) is 3.24. The predicted octanol–water partition coefficient (Wildman–Crippen LogP) is 3.33. The number of H-pyrrole nitrogens is 1. The normalized spacial score (nSPS) is 12.2. The van der Waals surface area contributed by atoms with Crippen LogP contribution in [0.15, 0.2) is 30.5 Å². The summed E-state index contributed by atoms with van der Waals surface area (Å²) in [7, 11) is 0. The van der Waals surface area contributed by atoms with Crippen LogP contribution in [0.3, 0.4) is 0 Å². The first-order valence-electron chi connectivity index (χ1n) is 6.46. The van der Waals surface area contributed by atoms with Crippen LogP contribution in [0.25, 0.3) is 17.2 Å².